The molecule has 15 heavy (non-hydrogen) atoms. The highest BCUT2D eigenvalue weighted by Gasteiger charge is 2.26. The van der Waals surface area contributed by atoms with Crippen LogP contribution < -0.4 is 5.32 Å². The van der Waals surface area contributed by atoms with Gasteiger partial charge in [-0.3, -0.25) is 0 Å². The van der Waals surface area contributed by atoms with Crippen LogP contribution in [0.3, 0.4) is 0 Å². The third kappa shape index (κ3) is 3.18. The van der Waals surface area contributed by atoms with Crippen molar-refractivity contribution in [3.8, 4) is 0 Å². The second kappa shape index (κ2) is 5.86. The second-order valence-corrected chi connectivity index (χ2v) is 5.17. The Kier molecular flexibility index (Phi) is 4.45. The summed E-state index contributed by atoms with van der Waals surface area (Å²) in [5.74, 6) is 1.74. The van der Waals surface area contributed by atoms with Crippen molar-refractivity contribution in [1.29, 1.82) is 0 Å². The molecule has 1 aliphatic carbocycles. The van der Waals surface area contributed by atoms with Crippen LogP contribution in [0.15, 0.2) is 0 Å². The highest BCUT2D eigenvalue weighted by molar-refractivity contribution is 4.78. The molecule has 1 N–H and O–H groups in total. The van der Waals surface area contributed by atoms with Crippen LogP contribution in [0.4, 0.5) is 0 Å². The molecule has 2 aliphatic rings. The van der Waals surface area contributed by atoms with Crippen molar-refractivity contribution < 1.29 is 4.74 Å². The average molecular weight is 211 g/mol. The van der Waals surface area contributed by atoms with Gasteiger partial charge < -0.3 is 10.1 Å². The molecule has 0 aromatic heterocycles. The second-order valence-electron chi connectivity index (χ2n) is 5.17. The van der Waals surface area contributed by atoms with E-state index in [1.54, 1.807) is 0 Å². The fourth-order valence-corrected chi connectivity index (χ4v) is 3.06. The van der Waals surface area contributed by atoms with Crippen LogP contribution in [-0.4, -0.2) is 25.8 Å². The first-order chi connectivity index (χ1) is 7.40. The molecule has 0 spiro atoms. The van der Waals surface area contributed by atoms with Crippen LogP contribution in [0, 0.1) is 11.8 Å². The van der Waals surface area contributed by atoms with Gasteiger partial charge in [0.05, 0.1) is 6.10 Å². The fraction of sp³-hybridized carbons (Fsp3) is 1.00. The lowest BCUT2D eigenvalue weighted by molar-refractivity contribution is 0.0871. The molecule has 0 aromatic rings. The number of rotatable bonds is 5. The quantitative estimate of drug-likeness (QED) is 0.754. The van der Waals surface area contributed by atoms with Gasteiger partial charge in [-0.25, -0.2) is 0 Å². The molecule has 0 radical (unpaired) electrons. The fourth-order valence-electron chi connectivity index (χ4n) is 3.06. The lowest BCUT2D eigenvalue weighted by atomic mass is 9.99. The molecule has 2 rings (SSSR count). The molecule has 2 fully saturated rings. The highest BCUT2D eigenvalue weighted by Crippen LogP contribution is 2.25. The summed E-state index contributed by atoms with van der Waals surface area (Å²) in [4.78, 5) is 0. The molecule has 88 valence electrons. The summed E-state index contributed by atoms with van der Waals surface area (Å²) in [6, 6.07) is 0. The smallest absolute Gasteiger partial charge is 0.0613 e. The van der Waals surface area contributed by atoms with E-state index in [4.69, 9.17) is 4.74 Å². The van der Waals surface area contributed by atoms with Gasteiger partial charge in [-0.1, -0.05) is 19.8 Å². The zero-order chi connectivity index (χ0) is 10.5. The van der Waals surface area contributed by atoms with Gasteiger partial charge in [0.15, 0.2) is 0 Å². The zero-order valence-electron chi connectivity index (χ0n) is 10.0. The molecule has 1 heterocycles. The van der Waals surface area contributed by atoms with E-state index in [9.17, 15) is 0 Å². The standard InChI is InChI=1S/C13H25NO/c1-2-13-12(7-8-15-13)10-14-9-11-5-3-4-6-11/h11-14H,2-10H2,1H3. The Hall–Kier alpha value is -0.0800. The largest absolute Gasteiger partial charge is 0.378 e. The Morgan fingerprint density at radius 2 is 1.93 bits per heavy atom. The molecular formula is C13H25NO. The zero-order valence-corrected chi connectivity index (χ0v) is 10.0. The molecule has 0 aromatic carbocycles. The number of ether oxygens (including phenoxy) is 1. The maximum Gasteiger partial charge on any atom is 0.0613 e. The van der Waals surface area contributed by atoms with Gasteiger partial charge in [0, 0.05) is 13.2 Å². The van der Waals surface area contributed by atoms with Crippen molar-refractivity contribution in [2.45, 2.75) is 51.6 Å². The summed E-state index contributed by atoms with van der Waals surface area (Å²) in [6.07, 6.45) is 8.77. The van der Waals surface area contributed by atoms with Gasteiger partial charge in [0.25, 0.3) is 0 Å². The van der Waals surface area contributed by atoms with Gasteiger partial charge in [0.1, 0.15) is 0 Å². The summed E-state index contributed by atoms with van der Waals surface area (Å²) in [7, 11) is 0. The minimum absolute atomic E-state index is 0.529. The molecular weight excluding hydrogens is 186 g/mol. The highest BCUT2D eigenvalue weighted by atomic mass is 16.5. The van der Waals surface area contributed by atoms with Crippen LogP contribution in [-0.2, 0) is 4.74 Å². The molecule has 2 nitrogen and oxygen atoms in total. The first kappa shape index (κ1) is 11.4. The van der Waals surface area contributed by atoms with Crippen molar-refractivity contribution in [1.82, 2.24) is 5.32 Å². The van der Waals surface area contributed by atoms with E-state index in [2.05, 4.69) is 12.2 Å². The first-order valence-corrected chi connectivity index (χ1v) is 6.72. The van der Waals surface area contributed by atoms with E-state index < -0.39 is 0 Å². The van der Waals surface area contributed by atoms with Gasteiger partial charge >= 0.3 is 0 Å². The predicted molar refractivity (Wildman–Crippen MR) is 63.0 cm³/mol. The molecule has 2 heteroatoms. The Bertz CT molecular complexity index is 177. The Labute approximate surface area is 93.8 Å². The molecule has 0 bridgehead atoms. The lowest BCUT2D eigenvalue weighted by Gasteiger charge is -2.18. The van der Waals surface area contributed by atoms with Gasteiger partial charge in [0.2, 0.25) is 0 Å². The maximum atomic E-state index is 5.70. The topological polar surface area (TPSA) is 21.3 Å². The average Bonchev–Trinajstić information content (AvgIpc) is 2.88. The summed E-state index contributed by atoms with van der Waals surface area (Å²) in [5.41, 5.74) is 0. The molecule has 2 atom stereocenters. The summed E-state index contributed by atoms with van der Waals surface area (Å²) in [5, 5.41) is 3.65. The minimum atomic E-state index is 0.529. The van der Waals surface area contributed by atoms with E-state index in [0.29, 0.717) is 6.10 Å². The third-order valence-electron chi connectivity index (χ3n) is 4.06. The SMILES string of the molecule is CCC1OCCC1CNCC1CCCC1. The number of hydrogen-bond donors (Lipinski definition) is 1. The number of nitrogens with one attached hydrogen (secondary N) is 1. The van der Waals surface area contributed by atoms with Crippen molar-refractivity contribution in [2.75, 3.05) is 19.7 Å². The summed E-state index contributed by atoms with van der Waals surface area (Å²) >= 11 is 0. The molecule has 0 amide bonds. The van der Waals surface area contributed by atoms with Crippen molar-refractivity contribution in [3.63, 3.8) is 0 Å². The van der Waals surface area contributed by atoms with E-state index in [-0.39, 0.29) is 0 Å². The molecule has 1 aliphatic heterocycles. The van der Waals surface area contributed by atoms with Crippen LogP contribution in [0.5, 0.6) is 0 Å². The van der Waals surface area contributed by atoms with Crippen molar-refractivity contribution >= 4 is 0 Å². The van der Waals surface area contributed by atoms with E-state index in [1.807, 2.05) is 0 Å². The lowest BCUT2D eigenvalue weighted by Crippen LogP contribution is -2.31. The predicted octanol–water partition coefficient (Wildman–Crippen LogP) is 2.58. The van der Waals surface area contributed by atoms with Crippen molar-refractivity contribution in [3.05, 3.63) is 0 Å². The van der Waals surface area contributed by atoms with Crippen LogP contribution in [0.1, 0.15) is 45.4 Å². The summed E-state index contributed by atoms with van der Waals surface area (Å²) < 4.78 is 5.70. The molecule has 1 saturated heterocycles. The Balaban J connectivity index is 1.60. The van der Waals surface area contributed by atoms with E-state index >= 15 is 0 Å². The molecule has 2 unspecified atom stereocenters. The minimum Gasteiger partial charge on any atom is -0.378 e. The third-order valence-corrected chi connectivity index (χ3v) is 4.06. The van der Waals surface area contributed by atoms with Crippen molar-refractivity contribution in [2.24, 2.45) is 11.8 Å². The van der Waals surface area contributed by atoms with E-state index in [0.717, 1.165) is 18.4 Å². The Morgan fingerprint density at radius 1 is 1.13 bits per heavy atom. The van der Waals surface area contributed by atoms with Crippen LogP contribution in [0.2, 0.25) is 0 Å². The number of hydrogen-bond acceptors (Lipinski definition) is 2. The molecule has 1 saturated carbocycles. The van der Waals surface area contributed by atoms with E-state index in [1.165, 1.54) is 51.6 Å². The van der Waals surface area contributed by atoms with Gasteiger partial charge in [-0.15, -0.1) is 0 Å². The normalized spacial score (nSPS) is 32.6. The van der Waals surface area contributed by atoms with Gasteiger partial charge in [-0.05, 0) is 44.1 Å². The van der Waals surface area contributed by atoms with Crippen LogP contribution in [0.25, 0.3) is 0 Å². The first-order valence-electron chi connectivity index (χ1n) is 6.72. The van der Waals surface area contributed by atoms with Crippen LogP contribution >= 0.6 is 0 Å². The monoisotopic (exact) mass is 211 g/mol. The Morgan fingerprint density at radius 3 is 2.67 bits per heavy atom. The summed E-state index contributed by atoms with van der Waals surface area (Å²) in [6.45, 7) is 5.64. The maximum absolute atomic E-state index is 5.70. The van der Waals surface area contributed by atoms with Gasteiger partial charge in [-0.2, -0.15) is 0 Å².